The van der Waals surface area contributed by atoms with E-state index in [9.17, 15) is 4.39 Å². The van der Waals surface area contributed by atoms with E-state index in [1.807, 2.05) is 6.07 Å². The lowest BCUT2D eigenvalue weighted by molar-refractivity contribution is 0.630. The van der Waals surface area contributed by atoms with Gasteiger partial charge in [0.15, 0.2) is 0 Å². The maximum absolute atomic E-state index is 13.4. The Kier molecular flexibility index (Phi) is 4.02. The van der Waals surface area contributed by atoms with Crippen molar-refractivity contribution in [3.05, 3.63) is 34.6 Å². The average molecular weight is 267 g/mol. The van der Waals surface area contributed by atoms with Crippen molar-refractivity contribution in [1.82, 2.24) is 4.98 Å². The van der Waals surface area contributed by atoms with Gasteiger partial charge in [0.25, 0.3) is 0 Å². The monoisotopic (exact) mass is 266 g/mol. The summed E-state index contributed by atoms with van der Waals surface area (Å²) in [7, 11) is 0. The highest BCUT2D eigenvalue weighted by atomic mass is 35.5. The Balaban J connectivity index is 2.54. The number of nitrogens with zero attached hydrogens (tertiary/aromatic N) is 1. The van der Waals surface area contributed by atoms with E-state index in [4.69, 9.17) is 11.6 Å². The molecule has 2 rings (SSSR count). The Hall–Kier alpha value is -1.35. The molecule has 2 nitrogen and oxygen atoms in total. The first-order chi connectivity index (χ1) is 8.65. The highest BCUT2D eigenvalue weighted by molar-refractivity contribution is 6.31. The Labute approximate surface area is 111 Å². The van der Waals surface area contributed by atoms with E-state index >= 15 is 0 Å². The largest absolute Gasteiger partial charge is 0.370 e. The molecule has 0 fully saturated rings. The Morgan fingerprint density at radius 3 is 2.72 bits per heavy atom. The molecular weight excluding hydrogens is 251 g/mol. The summed E-state index contributed by atoms with van der Waals surface area (Å²) in [6, 6.07) is 5.03. The lowest BCUT2D eigenvalue weighted by atomic mass is 10.1. The molecule has 18 heavy (non-hydrogen) atoms. The van der Waals surface area contributed by atoms with Gasteiger partial charge in [-0.15, -0.1) is 0 Å². The van der Waals surface area contributed by atoms with Crippen molar-refractivity contribution in [2.75, 3.05) is 11.9 Å². The summed E-state index contributed by atoms with van der Waals surface area (Å²) in [5.74, 6) is 0.413. The van der Waals surface area contributed by atoms with Crippen LogP contribution in [0, 0.1) is 5.82 Å². The van der Waals surface area contributed by atoms with Gasteiger partial charge in [0.05, 0.1) is 10.5 Å². The summed E-state index contributed by atoms with van der Waals surface area (Å²) in [6.07, 6.45) is 1.90. The Morgan fingerprint density at radius 2 is 2.06 bits per heavy atom. The zero-order chi connectivity index (χ0) is 13.1. The van der Waals surface area contributed by atoms with Crippen molar-refractivity contribution < 1.29 is 4.39 Å². The fraction of sp³-hybridized carbons (Fsp3) is 0.357. The van der Waals surface area contributed by atoms with E-state index in [1.165, 1.54) is 6.07 Å². The van der Waals surface area contributed by atoms with Crippen LogP contribution in [0.2, 0.25) is 5.02 Å². The van der Waals surface area contributed by atoms with E-state index in [2.05, 4.69) is 24.1 Å². The van der Waals surface area contributed by atoms with Crippen molar-refractivity contribution in [3.8, 4) is 0 Å². The molecule has 1 N–H and O–H groups in total. The zero-order valence-electron chi connectivity index (χ0n) is 10.6. The van der Waals surface area contributed by atoms with Crippen molar-refractivity contribution in [1.29, 1.82) is 0 Å². The molecule has 2 aromatic rings. The van der Waals surface area contributed by atoms with Gasteiger partial charge < -0.3 is 5.32 Å². The minimum Gasteiger partial charge on any atom is -0.370 e. The maximum atomic E-state index is 13.4. The molecule has 0 saturated carbocycles. The van der Waals surface area contributed by atoms with Crippen LogP contribution in [0.5, 0.6) is 0 Å². The molecule has 0 aliphatic heterocycles. The van der Waals surface area contributed by atoms with Gasteiger partial charge in [-0.25, -0.2) is 9.37 Å². The van der Waals surface area contributed by atoms with E-state index in [0.717, 1.165) is 36.2 Å². The van der Waals surface area contributed by atoms with Crippen LogP contribution in [-0.2, 0) is 6.42 Å². The molecule has 0 unspecified atom stereocenters. The summed E-state index contributed by atoms with van der Waals surface area (Å²) in [6.45, 7) is 5.03. The molecule has 1 heterocycles. The number of anilines is 1. The number of aromatic nitrogens is 1. The van der Waals surface area contributed by atoms with Crippen LogP contribution in [0.4, 0.5) is 10.2 Å². The summed E-state index contributed by atoms with van der Waals surface area (Å²) in [5, 5.41) is 4.29. The molecule has 0 radical (unpaired) electrons. The van der Waals surface area contributed by atoms with Crippen molar-refractivity contribution >= 4 is 28.3 Å². The first-order valence-electron chi connectivity index (χ1n) is 6.18. The van der Waals surface area contributed by atoms with Gasteiger partial charge in [-0.2, -0.15) is 0 Å². The van der Waals surface area contributed by atoms with E-state index < -0.39 is 5.82 Å². The van der Waals surface area contributed by atoms with Crippen LogP contribution in [0.1, 0.15) is 25.8 Å². The molecule has 0 saturated heterocycles. The number of hydrogen-bond acceptors (Lipinski definition) is 2. The molecule has 0 aliphatic carbocycles. The molecule has 1 aromatic heterocycles. The molecule has 0 bridgehead atoms. The van der Waals surface area contributed by atoms with E-state index in [1.54, 1.807) is 6.07 Å². The smallest absolute Gasteiger partial charge is 0.143 e. The van der Waals surface area contributed by atoms with Crippen LogP contribution >= 0.6 is 11.6 Å². The predicted octanol–water partition coefficient (Wildman–Crippen LogP) is 4.41. The second kappa shape index (κ2) is 5.53. The summed E-state index contributed by atoms with van der Waals surface area (Å²) in [5.41, 5.74) is 1.76. The molecule has 0 atom stereocenters. The van der Waals surface area contributed by atoms with Gasteiger partial charge in [0, 0.05) is 18.0 Å². The SMILES string of the molecule is CCCNc1nc2cc(F)c(Cl)cc2cc1CC. The minimum atomic E-state index is -0.428. The molecule has 0 aliphatic rings. The van der Waals surface area contributed by atoms with Crippen LogP contribution < -0.4 is 5.32 Å². The quantitative estimate of drug-likeness (QED) is 0.887. The predicted molar refractivity (Wildman–Crippen MR) is 74.9 cm³/mol. The summed E-state index contributed by atoms with van der Waals surface area (Å²) < 4.78 is 13.4. The summed E-state index contributed by atoms with van der Waals surface area (Å²) in [4.78, 5) is 4.48. The summed E-state index contributed by atoms with van der Waals surface area (Å²) >= 11 is 5.79. The topological polar surface area (TPSA) is 24.9 Å². The molecule has 4 heteroatoms. The van der Waals surface area contributed by atoms with Crippen LogP contribution in [0.15, 0.2) is 18.2 Å². The first-order valence-corrected chi connectivity index (χ1v) is 6.56. The number of benzene rings is 1. The van der Waals surface area contributed by atoms with Crippen molar-refractivity contribution in [2.45, 2.75) is 26.7 Å². The fourth-order valence-electron chi connectivity index (χ4n) is 1.88. The zero-order valence-corrected chi connectivity index (χ0v) is 11.3. The molecular formula is C14H16ClFN2. The van der Waals surface area contributed by atoms with Crippen molar-refractivity contribution in [3.63, 3.8) is 0 Å². The van der Waals surface area contributed by atoms with Gasteiger partial charge in [-0.3, -0.25) is 0 Å². The normalized spacial score (nSPS) is 10.9. The fourth-order valence-corrected chi connectivity index (χ4v) is 2.05. The number of halogens is 2. The lowest BCUT2D eigenvalue weighted by Gasteiger charge is -2.11. The van der Waals surface area contributed by atoms with Gasteiger partial charge in [-0.1, -0.05) is 25.4 Å². The average Bonchev–Trinajstić information content (AvgIpc) is 2.37. The number of pyridine rings is 1. The van der Waals surface area contributed by atoms with E-state index in [0.29, 0.717) is 5.52 Å². The third-order valence-corrected chi connectivity index (χ3v) is 3.15. The van der Waals surface area contributed by atoms with Crippen molar-refractivity contribution in [2.24, 2.45) is 0 Å². The highest BCUT2D eigenvalue weighted by Crippen LogP contribution is 2.26. The maximum Gasteiger partial charge on any atom is 0.143 e. The number of aryl methyl sites for hydroxylation is 1. The van der Waals surface area contributed by atoms with Crippen LogP contribution in [0.3, 0.4) is 0 Å². The molecule has 1 aromatic carbocycles. The van der Waals surface area contributed by atoms with E-state index in [-0.39, 0.29) is 5.02 Å². The van der Waals surface area contributed by atoms with Crippen LogP contribution in [0.25, 0.3) is 10.9 Å². The first kappa shape index (κ1) is 13.1. The number of rotatable bonds is 4. The third kappa shape index (κ3) is 2.56. The van der Waals surface area contributed by atoms with Crippen LogP contribution in [-0.4, -0.2) is 11.5 Å². The molecule has 96 valence electrons. The third-order valence-electron chi connectivity index (χ3n) is 2.86. The number of fused-ring (bicyclic) bond motifs is 1. The second-order valence-electron chi connectivity index (χ2n) is 4.24. The van der Waals surface area contributed by atoms with Gasteiger partial charge >= 0.3 is 0 Å². The highest BCUT2D eigenvalue weighted by Gasteiger charge is 2.08. The Bertz CT molecular complexity index is 569. The second-order valence-corrected chi connectivity index (χ2v) is 4.64. The standard InChI is InChI=1S/C14H16ClFN2/c1-3-5-17-14-9(4-2)6-10-7-11(15)12(16)8-13(10)18-14/h6-8H,3-5H2,1-2H3,(H,17,18). The number of hydrogen-bond donors (Lipinski definition) is 1. The number of nitrogens with one attached hydrogen (secondary N) is 1. The Morgan fingerprint density at radius 1 is 1.28 bits per heavy atom. The van der Waals surface area contributed by atoms with Gasteiger partial charge in [0.2, 0.25) is 0 Å². The lowest BCUT2D eigenvalue weighted by Crippen LogP contribution is -2.05. The van der Waals surface area contributed by atoms with Gasteiger partial charge in [0.1, 0.15) is 11.6 Å². The molecule has 0 spiro atoms. The van der Waals surface area contributed by atoms with Gasteiger partial charge in [-0.05, 0) is 30.5 Å². The molecule has 0 amide bonds. The minimum absolute atomic E-state index is 0.139.